The largest absolute Gasteiger partial charge is 0.507 e. The Kier molecular flexibility index (Phi) is 7.86. The van der Waals surface area contributed by atoms with Crippen molar-refractivity contribution in [2.24, 2.45) is 29.4 Å². The van der Waals surface area contributed by atoms with E-state index in [0.717, 1.165) is 0 Å². The third kappa shape index (κ3) is 4.74. The number of benzene rings is 2. The quantitative estimate of drug-likeness (QED) is 0.180. The van der Waals surface area contributed by atoms with Crippen LogP contribution < -0.4 is 11.1 Å². The van der Waals surface area contributed by atoms with E-state index < -0.39 is 77.3 Å². The topological polar surface area (TPSA) is 214 Å². The van der Waals surface area contributed by atoms with Gasteiger partial charge in [-0.25, -0.2) is 0 Å². The number of aromatic hydroxyl groups is 1. The van der Waals surface area contributed by atoms with Crippen LogP contribution in [0.3, 0.4) is 0 Å². The fourth-order valence-corrected chi connectivity index (χ4v) is 6.70. The summed E-state index contributed by atoms with van der Waals surface area (Å²) in [6.07, 6.45) is -2.56. The Morgan fingerprint density at radius 2 is 1.86 bits per heavy atom. The number of phenolic OH excluding ortho intramolecular Hbond substituents is 1. The van der Waals surface area contributed by atoms with Gasteiger partial charge in [-0.2, -0.15) is 0 Å². The lowest BCUT2D eigenvalue weighted by Gasteiger charge is -2.48. The Morgan fingerprint density at radius 1 is 1.12 bits per heavy atom. The van der Waals surface area contributed by atoms with Gasteiger partial charge in [0.05, 0.1) is 11.5 Å². The van der Waals surface area contributed by atoms with Crippen molar-refractivity contribution in [1.29, 1.82) is 0 Å². The van der Waals surface area contributed by atoms with Crippen LogP contribution in [0.2, 0.25) is 0 Å². The summed E-state index contributed by atoms with van der Waals surface area (Å²) in [5.41, 5.74) is 4.48. The normalized spacial score (nSPS) is 28.5. The number of carbonyl (C=O) groups excluding carboxylic acids is 5. The Hall–Kier alpha value is -3.81. The van der Waals surface area contributed by atoms with E-state index in [2.05, 4.69) is 5.32 Å². The molecule has 2 saturated carbocycles. The van der Waals surface area contributed by atoms with Gasteiger partial charge in [0.2, 0.25) is 5.91 Å². The van der Waals surface area contributed by atoms with E-state index in [1.807, 2.05) is 0 Å². The molecule has 222 valence electrons. The first-order chi connectivity index (χ1) is 19.9. The van der Waals surface area contributed by atoms with Crippen molar-refractivity contribution in [3.8, 4) is 16.9 Å². The zero-order valence-electron chi connectivity index (χ0n) is 22.8. The van der Waals surface area contributed by atoms with E-state index in [1.54, 1.807) is 37.3 Å². The van der Waals surface area contributed by atoms with Gasteiger partial charge in [0, 0.05) is 25.5 Å². The highest BCUT2D eigenvalue weighted by Gasteiger charge is 2.66. The minimum Gasteiger partial charge on any atom is -0.507 e. The first-order valence-electron chi connectivity index (χ1n) is 13.7. The fourth-order valence-electron chi connectivity index (χ4n) is 6.70. The molecule has 0 aromatic heterocycles. The Bertz CT molecular complexity index is 1490. The monoisotopic (exact) mass is 580 g/mol. The maximum atomic E-state index is 13.8. The summed E-state index contributed by atoms with van der Waals surface area (Å²) >= 11 is 0. The standard InChI is InChI=1S/C30H32N2O10/c1-2-42-21(35)12-32-29(40)14-5-3-4-13(8-14)17-6-7-19(33)23-18(17)10-15-9-16-11-20(34)24(28(31)39)27(38)30(16,41)26(37)22(15)25(23)36/h3-8,15-16,21-22,24,29,32-33,35,40-41H,2,9-12H2,1H3,(H2,31,39)/t15-,16+,21?,22?,24?,29?,30+/m1/s1. The molecular weight excluding hydrogens is 548 g/mol. The van der Waals surface area contributed by atoms with Gasteiger partial charge < -0.3 is 30.9 Å². The summed E-state index contributed by atoms with van der Waals surface area (Å²) in [5.74, 6) is -10.8. The summed E-state index contributed by atoms with van der Waals surface area (Å²) in [5, 5.41) is 45.2. The third-order valence-corrected chi connectivity index (χ3v) is 8.64. The number of nitrogens with one attached hydrogen (secondary N) is 1. The Balaban J connectivity index is 1.49. The molecule has 2 aromatic rings. The van der Waals surface area contributed by atoms with Crippen LogP contribution in [0.25, 0.3) is 11.1 Å². The van der Waals surface area contributed by atoms with Gasteiger partial charge in [-0.1, -0.05) is 24.3 Å². The molecule has 3 aliphatic rings. The molecule has 4 unspecified atom stereocenters. The molecule has 0 spiro atoms. The second-order valence-corrected chi connectivity index (χ2v) is 11.1. The lowest BCUT2D eigenvalue weighted by Crippen LogP contribution is -2.68. The van der Waals surface area contributed by atoms with Crippen molar-refractivity contribution >= 4 is 29.0 Å². The smallest absolute Gasteiger partial charge is 0.235 e. The maximum absolute atomic E-state index is 13.8. The van der Waals surface area contributed by atoms with Gasteiger partial charge in [-0.05, 0) is 60.1 Å². The number of rotatable bonds is 8. The number of amides is 1. The van der Waals surface area contributed by atoms with E-state index in [9.17, 15) is 44.4 Å². The van der Waals surface area contributed by atoms with Gasteiger partial charge in [0.25, 0.3) is 0 Å². The van der Waals surface area contributed by atoms with Gasteiger partial charge in [0.1, 0.15) is 12.0 Å². The molecule has 0 saturated heterocycles. The van der Waals surface area contributed by atoms with Crippen LogP contribution in [0.15, 0.2) is 36.4 Å². The number of ketones is 4. The number of aliphatic hydroxyl groups is 3. The van der Waals surface area contributed by atoms with Crippen LogP contribution in [0, 0.1) is 23.7 Å². The average Bonchev–Trinajstić information content (AvgIpc) is 2.94. The lowest BCUT2D eigenvalue weighted by atomic mass is 9.53. The predicted molar refractivity (Wildman–Crippen MR) is 145 cm³/mol. The highest BCUT2D eigenvalue weighted by atomic mass is 16.6. The van der Waals surface area contributed by atoms with Gasteiger partial charge in [0.15, 0.2) is 40.9 Å². The Morgan fingerprint density at radius 3 is 2.55 bits per heavy atom. The number of Topliss-reactive ketones (excluding diaryl/α,β-unsaturated/α-hetero) is 4. The minimum atomic E-state index is -2.71. The molecule has 3 aliphatic carbocycles. The summed E-state index contributed by atoms with van der Waals surface area (Å²) in [7, 11) is 0. The number of ether oxygens (including phenoxy) is 1. The second kappa shape index (κ2) is 11.1. The molecule has 2 aromatic carbocycles. The third-order valence-electron chi connectivity index (χ3n) is 8.64. The molecule has 0 bridgehead atoms. The molecule has 7 atom stereocenters. The zero-order valence-corrected chi connectivity index (χ0v) is 22.8. The van der Waals surface area contributed by atoms with E-state index in [0.29, 0.717) is 28.9 Å². The van der Waals surface area contributed by atoms with Crippen molar-refractivity contribution < 1.29 is 49.1 Å². The van der Waals surface area contributed by atoms with E-state index in [1.165, 1.54) is 6.07 Å². The summed E-state index contributed by atoms with van der Waals surface area (Å²) in [6.45, 7) is 2.00. The molecular formula is C30H32N2O10. The first kappa shape index (κ1) is 29.7. The van der Waals surface area contributed by atoms with Crippen LogP contribution in [0.4, 0.5) is 0 Å². The maximum Gasteiger partial charge on any atom is 0.235 e. The van der Waals surface area contributed by atoms with Crippen LogP contribution in [-0.2, 0) is 30.3 Å². The summed E-state index contributed by atoms with van der Waals surface area (Å²) in [4.78, 5) is 64.9. The molecule has 12 nitrogen and oxygen atoms in total. The molecule has 0 radical (unpaired) electrons. The van der Waals surface area contributed by atoms with Crippen LogP contribution >= 0.6 is 0 Å². The zero-order chi connectivity index (χ0) is 30.5. The highest BCUT2D eigenvalue weighted by Crippen LogP contribution is 2.51. The van der Waals surface area contributed by atoms with E-state index in [-0.39, 0.29) is 30.7 Å². The number of hydrogen-bond donors (Lipinski definition) is 6. The molecule has 2 fully saturated rings. The molecule has 5 rings (SSSR count). The van der Waals surface area contributed by atoms with Crippen molar-refractivity contribution in [3.63, 3.8) is 0 Å². The van der Waals surface area contributed by atoms with Crippen molar-refractivity contribution in [2.45, 2.75) is 44.3 Å². The van der Waals surface area contributed by atoms with E-state index >= 15 is 0 Å². The minimum absolute atomic E-state index is 0.0129. The Labute approximate surface area is 240 Å². The number of aliphatic hydroxyl groups excluding tert-OH is 2. The molecule has 0 heterocycles. The molecule has 42 heavy (non-hydrogen) atoms. The van der Waals surface area contributed by atoms with Crippen LogP contribution in [0.1, 0.15) is 47.5 Å². The fraction of sp³-hybridized carbons (Fsp3) is 0.433. The molecule has 1 amide bonds. The second-order valence-electron chi connectivity index (χ2n) is 11.1. The van der Waals surface area contributed by atoms with Gasteiger partial charge in [-0.15, -0.1) is 0 Å². The first-order valence-corrected chi connectivity index (χ1v) is 13.7. The lowest BCUT2D eigenvalue weighted by molar-refractivity contribution is -0.175. The molecule has 7 N–H and O–H groups in total. The van der Waals surface area contributed by atoms with Crippen LogP contribution in [0.5, 0.6) is 5.75 Å². The number of primary amides is 1. The molecule has 0 aliphatic heterocycles. The number of carbonyl (C=O) groups is 5. The SMILES string of the molecule is CCOC(O)CNC(O)c1cccc(-c2ccc(O)c3c2C[C@H]2C[C@H]4CC(=O)C(C(N)=O)C(=O)[C@@]4(O)C(=O)C2C3=O)c1. The van der Waals surface area contributed by atoms with Crippen molar-refractivity contribution in [1.82, 2.24) is 5.32 Å². The molecule has 12 heteroatoms. The summed E-state index contributed by atoms with van der Waals surface area (Å²) < 4.78 is 5.05. The number of phenols is 1. The number of nitrogens with two attached hydrogens (primary N) is 1. The van der Waals surface area contributed by atoms with Gasteiger partial charge in [-0.3, -0.25) is 29.3 Å². The number of fused-ring (bicyclic) bond motifs is 3. The number of hydrogen-bond acceptors (Lipinski definition) is 11. The van der Waals surface area contributed by atoms with Crippen molar-refractivity contribution in [3.05, 3.63) is 53.1 Å². The van der Waals surface area contributed by atoms with Crippen molar-refractivity contribution in [2.75, 3.05) is 13.2 Å². The predicted octanol–water partition coefficient (Wildman–Crippen LogP) is -0.0707. The van der Waals surface area contributed by atoms with E-state index in [4.69, 9.17) is 10.5 Å². The van der Waals surface area contributed by atoms with Gasteiger partial charge >= 0.3 is 0 Å². The highest BCUT2D eigenvalue weighted by molar-refractivity contribution is 6.31. The van der Waals surface area contributed by atoms with Crippen LogP contribution in [-0.4, -0.2) is 74.5 Å². The summed E-state index contributed by atoms with van der Waals surface area (Å²) in [6, 6.07) is 9.72. The average molecular weight is 581 g/mol.